The Morgan fingerprint density at radius 1 is 1.20 bits per heavy atom. The monoisotopic (exact) mass is 342 g/mol. The van der Waals surface area contributed by atoms with Crippen LogP contribution in [0.2, 0.25) is 0 Å². The van der Waals surface area contributed by atoms with Gasteiger partial charge in [0.1, 0.15) is 11.6 Å². The number of aryl methyl sites for hydroxylation is 2. The fourth-order valence-electron chi connectivity index (χ4n) is 2.98. The van der Waals surface area contributed by atoms with Gasteiger partial charge in [0.05, 0.1) is 0 Å². The van der Waals surface area contributed by atoms with Gasteiger partial charge in [-0.25, -0.2) is 9.97 Å². The van der Waals surface area contributed by atoms with Crippen molar-refractivity contribution >= 4 is 11.7 Å². The van der Waals surface area contributed by atoms with Crippen molar-refractivity contribution in [3.05, 3.63) is 36.0 Å². The number of carbonyl (C=O) groups is 1. The Morgan fingerprint density at radius 3 is 2.60 bits per heavy atom. The molecule has 0 aromatic carbocycles. The second-order valence-corrected chi connectivity index (χ2v) is 6.77. The van der Waals surface area contributed by atoms with Gasteiger partial charge < -0.3 is 9.80 Å². The molecule has 1 fully saturated rings. The molecule has 1 amide bonds. The van der Waals surface area contributed by atoms with E-state index in [9.17, 15) is 4.79 Å². The highest BCUT2D eigenvalue weighted by Crippen LogP contribution is 2.19. The van der Waals surface area contributed by atoms with Crippen LogP contribution in [0.4, 0.5) is 5.82 Å². The van der Waals surface area contributed by atoms with Gasteiger partial charge in [0.2, 0.25) is 5.91 Å². The smallest absolute Gasteiger partial charge is 0.224 e. The van der Waals surface area contributed by atoms with E-state index in [1.165, 1.54) is 0 Å². The number of rotatable bonds is 5. The molecule has 0 aliphatic carbocycles. The Kier molecular flexibility index (Phi) is 5.31. The Bertz CT molecular complexity index is 704. The summed E-state index contributed by atoms with van der Waals surface area (Å²) in [7, 11) is 0. The second kappa shape index (κ2) is 7.63. The molecule has 2 aromatic rings. The molecule has 0 unspecified atom stereocenters. The zero-order chi connectivity index (χ0) is 17.8. The summed E-state index contributed by atoms with van der Waals surface area (Å²) in [5, 5.41) is 4.14. The quantitative estimate of drug-likeness (QED) is 0.829. The fourth-order valence-corrected chi connectivity index (χ4v) is 2.98. The molecular formula is C18H26N6O. The van der Waals surface area contributed by atoms with Crippen molar-refractivity contribution in [2.75, 3.05) is 31.1 Å². The lowest BCUT2D eigenvalue weighted by atomic mass is 10.2. The van der Waals surface area contributed by atoms with Gasteiger partial charge in [0.15, 0.2) is 0 Å². The fraction of sp³-hybridized carbons (Fsp3) is 0.556. The van der Waals surface area contributed by atoms with E-state index in [2.05, 4.69) is 28.8 Å². The summed E-state index contributed by atoms with van der Waals surface area (Å²) in [4.78, 5) is 25.8. The lowest BCUT2D eigenvalue weighted by molar-refractivity contribution is -0.131. The first-order chi connectivity index (χ1) is 12.0. The first-order valence-electron chi connectivity index (χ1n) is 8.88. The molecule has 7 heteroatoms. The van der Waals surface area contributed by atoms with Gasteiger partial charge in [-0.05, 0) is 13.0 Å². The van der Waals surface area contributed by atoms with Crippen LogP contribution >= 0.6 is 0 Å². The maximum absolute atomic E-state index is 12.4. The number of piperazine rings is 1. The van der Waals surface area contributed by atoms with E-state index in [1.807, 2.05) is 30.2 Å². The van der Waals surface area contributed by atoms with Crippen molar-refractivity contribution in [3.63, 3.8) is 0 Å². The molecular weight excluding hydrogens is 316 g/mol. The van der Waals surface area contributed by atoms with Gasteiger partial charge in [0.25, 0.3) is 0 Å². The third-order valence-corrected chi connectivity index (χ3v) is 4.44. The topological polar surface area (TPSA) is 67.2 Å². The summed E-state index contributed by atoms with van der Waals surface area (Å²) in [6.07, 6.45) is 4.11. The minimum Gasteiger partial charge on any atom is -0.353 e. The number of hydrogen-bond acceptors (Lipinski definition) is 5. The van der Waals surface area contributed by atoms with Gasteiger partial charge in [-0.2, -0.15) is 5.10 Å². The molecule has 0 spiro atoms. The molecule has 1 aliphatic rings. The maximum Gasteiger partial charge on any atom is 0.224 e. The van der Waals surface area contributed by atoms with Crippen molar-refractivity contribution < 1.29 is 4.79 Å². The van der Waals surface area contributed by atoms with Gasteiger partial charge in [-0.3, -0.25) is 9.48 Å². The van der Waals surface area contributed by atoms with Crippen molar-refractivity contribution in [3.8, 4) is 0 Å². The minimum atomic E-state index is 0.192. The van der Waals surface area contributed by atoms with Gasteiger partial charge in [0, 0.05) is 69.2 Å². The van der Waals surface area contributed by atoms with E-state index in [1.54, 1.807) is 10.9 Å². The number of aromatic nitrogens is 4. The average molecular weight is 342 g/mol. The molecule has 0 radical (unpaired) electrons. The molecule has 0 atom stereocenters. The predicted molar refractivity (Wildman–Crippen MR) is 96.5 cm³/mol. The summed E-state index contributed by atoms with van der Waals surface area (Å²) in [5.41, 5.74) is 0.992. The summed E-state index contributed by atoms with van der Waals surface area (Å²) < 4.78 is 1.80. The SMILES string of the molecule is Cc1cc(N2CCN(C(=O)CCn3cccn3)CC2)nc(C(C)C)n1. The number of anilines is 1. The molecule has 1 saturated heterocycles. The lowest BCUT2D eigenvalue weighted by Crippen LogP contribution is -2.49. The van der Waals surface area contributed by atoms with Crippen LogP contribution in [-0.2, 0) is 11.3 Å². The van der Waals surface area contributed by atoms with E-state index in [4.69, 9.17) is 4.98 Å². The van der Waals surface area contributed by atoms with E-state index in [0.717, 1.165) is 43.5 Å². The van der Waals surface area contributed by atoms with E-state index in [-0.39, 0.29) is 5.91 Å². The Balaban J connectivity index is 1.55. The van der Waals surface area contributed by atoms with Crippen molar-refractivity contribution in [2.45, 2.75) is 39.7 Å². The third-order valence-electron chi connectivity index (χ3n) is 4.44. The standard InChI is InChI=1S/C18H26N6O/c1-14(2)18-20-15(3)13-16(21-18)22-9-11-23(12-10-22)17(25)5-8-24-7-4-6-19-24/h4,6-7,13-14H,5,8-12H2,1-3H3. The van der Waals surface area contributed by atoms with Gasteiger partial charge >= 0.3 is 0 Å². The number of amides is 1. The Hall–Kier alpha value is -2.44. The summed E-state index contributed by atoms with van der Waals surface area (Å²) in [5.74, 6) is 2.35. The van der Waals surface area contributed by atoms with Crippen LogP contribution < -0.4 is 4.90 Å². The number of carbonyl (C=O) groups excluding carboxylic acids is 1. The summed E-state index contributed by atoms with van der Waals surface area (Å²) in [6, 6.07) is 3.90. The lowest BCUT2D eigenvalue weighted by Gasteiger charge is -2.35. The van der Waals surface area contributed by atoms with E-state index in [0.29, 0.717) is 18.9 Å². The minimum absolute atomic E-state index is 0.192. The highest BCUT2D eigenvalue weighted by Gasteiger charge is 2.22. The molecule has 7 nitrogen and oxygen atoms in total. The molecule has 0 bridgehead atoms. The maximum atomic E-state index is 12.4. The highest BCUT2D eigenvalue weighted by atomic mass is 16.2. The van der Waals surface area contributed by atoms with Crippen LogP contribution in [0.1, 0.15) is 37.7 Å². The molecule has 0 saturated carbocycles. The summed E-state index contributed by atoms with van der Waals surface area (Å²) >= 11 is 0. The van der Waals surface area contributed by atoms with Crippen LogP contribution in [0.5, 0.6) is 0 Å². The van der Waals surface area contributed by atoms with Gasteiger partial charge in [-0.1, -0.05) is 13.8 Å². The third kappa shape index (κ3) is 4.35. The number of hydrogen-bond donors (Lipinski definition) is 0. The first kappa shape index (κ1) is 17.4. The van der Waals surface area contributed by atoms with Crippen LogP contribution in [-0.4, -0.2) is 56.7 Å². The van der Waals surface area contributed by atoms with E-state index < -0.39 is 0 Å². The van der Waals surface area contributed by atoms with Crippen molar-refractivity contribution in [2.24, 2.45) is 0 Å². The van der Waals surface area contributed by atoms with Crippen molar-refractivity contribution in [1.29, 1.82) is 0 Å². The molecule has 3 heterocycles. The molecule has 134 valence electrons. The normalized spacial score (nSPS) is 15.0. The Labute approximate surface area is 148 Å². The van der Waals surface area contributed by atoms with Crippen LogP contribution in [0.15, 0.2) is 24.5 Å². The molecule has 0 N–H and O–H groups in total. The van der Waals surface area contributed by atoms with Crippen LogP contribution in [0.25, 0.3) is 0 Å². The zero-order valence-corrected chi connectivity index (χ0v) is 15.2. The molecule has 25 heavy (non-hydrogen) atoms. The Morgan fingerprint density at radius 2 is 1.96 bits per heavy atom. The molecule has 1 aliphatic heterocycles. The highest BCUT2D eigenvalue weighted by molar-refractivity contribution is 5.76. The molecule has 3 rings (SSSR count). The number of nitrogens with zero attached hydrogens (tertiary/aromatic N) is 6. The van der Waals surface area contributed by atoms with Crippen LogP contribution in [0, 0.1) is 6.92 Å². The zero-order valence-electron chi connectivity index (χ0n) is 15.2. The average Bonchev–Trinajstić information content (AvgIpc) is 3.13. The van der Waals surface area contributed by atoms with Crippen molar-refractivity contribution in [1.82, 2.24) is 24.6 Å². The predicted octanol–water partition coefficient (Wildman–Crippen LogP) is 1.84. The summed E-state index contributed by atoms with van der Waals surface area (Å²) in [6.45, 7) is 9.93. The molecule has 2 aromatic heterocycles. The van der Waals surface area contributed by atoms with E-state index >= 15 is 0 Å². The largest absolute Gasteiger partial charge is 0.353 e. The van der Waals surface area contributed by atoms with Crippen LogP contribution in [0.3, 0.4) is 0 Å². The second-order valence-electron chi connectivity index (χ2n) is 6.77. The van der Waals surface area contributed by atoms with Gasteiger partial charge in [-0.15, -0.1) is 0 Å². The first-order valence-corrected chi connectivity index (χ1v) is 8.88.